The molecule has 1 saturated heterocycles. The summed E-state index contributed by atoms with van der Waals surface area (Å²) in [5.74, 6) is 1.39. The second kappa shape index (κ2) is 8.48. The van der Waals surface area contributed by atoms with Crippen molar-refractivity contribution >= 4 is 11.9 Å². The quantitative estimate of drug-likeness (QED) is 0.321. The third-order valence-corrected chi connectivity index (χ3v) is 12.2. The van der Waals surface area contributed by atoms with Crippen molar-refractivity contribution < 1.29 is 19.4 Å². The number of ether oxygens (including phenoxy) is 1. The Morgan fingerprint density at radius 3 is 2.38 bits per heavy atom. The van der Waals surface area contributed by atoms with Crippen LogP contribution in [0.1, 0.15) is 92.9 Å². The summed E-state index contributed by atoms with van der Waals surface area (Å²) in [6, 6.07) is 0.0639. The van der Waals surface area contributed by atoms with E-state index in [1.54, 1.807) is 0 Å². The Bertz CT molecular complexity index is 1070. The van der Waals surface area contributed by atoms with Gasteiger partial charge in [0.1, 0.15) is 5.76 Å². The van der Waals surface area contributed by atoms with E-state index in [0.29, 0.717) is 24.5 Å². The number of aliphatic hydroxyl groups excluding tert-OH is 1. The average molecular weight is 511 g/mol. The monoisotopic (exact) mass is 510 g/mol. The zero-order valence-electron chi connectivity index (χ0n) is 23.8. The van der Waals surface area contributed by atoms with Gasteiger partial charge in [-0.25, -0.2) is 4.85 Å². The normalized spacial score (nSPS) is 46.1. The van der Waals surface area contributed by atoms with Crippen molar-refractivity contribution in [3.63, 3.8) is 0 Å². The lowest BCUT2D eigenvalue weighted by Crippen LogP contribution is -2.61. The lowest BCUT2D eigenvalue weighted by Gasteiger charge is -2.64. The fourth-order valence-electron chi connectivity index (χ4n) is 10.7. The molecule has 0 bridgehead atoms. The lowest BCUT2D eigenvalue weighted by molar-refractivity contribution is -0.161. The van der Waals surface area contributed by atoms with Crippen LogP contribution in [0.4, 0.5) is 0 Å². The highest BCUT2D eigenvalue weighted by atomic mass is 16.5. The van der Waals surface area contributed by atoms with Crippen LogP contribution in [0.3, 0.4) is 0 Å². The second-order valence-electron chi connectivity index (χ2n) is 15.0. The van der Waals surface area contributed by atoms with E-state index in [4.69, 9.17) is 11.3 Å². The van der Waals surface area contributed by atoms with E-state index in [9.17, 15) is 14.7 Å². The van der Waals surface area contributed by atoms with Crippen LogP contribution in [0.2, 0.25) is 0 Å². The molecular formula is C31H46N2O4. The van der Waals surface area contributed by atoms with E-state index in [1.807, 2.05) is 0 Å². The maximum atomic E-state index is 13.7. The molecule has 2 N–H and O–H groups in total. The fraction of sp³-hybridized carbons (Fsp3) is 0.839. The number of esters is 1. The second-order valence-corrected chi connectivity index (χ2v) is 15.0. The SMILES string of the molecule is [C-]#[N+]C1=C(O)C(C)(C)[C@@H]2CC[C@]3(C)[C@H](CC(=O)N[C@@H]4[C@@H]5CC(C)(C)CC(C(=O)OC)C5CC[C@H]43)[C@@]2(C)C1. The van der Waals surface area contributed by atoms with E-state index in [1.165, 1.54) is 7.11 Å². The summed E-state index contributed by atoms with van der Waals surface area (Å²) >= 11 is 0. The molecule has 0 aromatic carbocycles. The smallest absolute Gasteiger partial charge is 0.308 e. The maximum absolute atomic E-state index is 13.7. The Balaban J connectivity index is 1.56. The van der Waals surface area contributed by atoms with Crippen molar-refractivity contribution in [2.45, 2.75) is 99.0 Å². The number of amides is 1. The van der Waals surface area contributed by atoms with E-state index >= 15 is 0 Å². The van der Waals surface area contributed by atoms with Crippen LogP contribution in [0.25, 0.3) is 4.85 Å². The number of fused-ring (bicyclic) bond motifs is 7. The van der Waals surface area contributed by atoms with Gasteiger partial charge in [-0.3, -0.25) is 9.59 Å². The minimum absolute atomic E-state index is 0.0170. The molecule has 1 amide bonds. The maximum Gasteiger partial charge on any atom is 0.308 e. The van der Waals surface area contributed by atoms with Crippen LogP contribution < -0.4 is 5.32 Å². The third kappa shape index (κ3) is 3.77. The van der Waals surface area contributed by atoms with Gasteiger partial charge < -0.3 is 15.2 Å². The molecule has 9 atom stereocenters. The Kier molecular flexibility index (Phi) is 6.09. The number of methoxy groups -OCH3 is 1. The first-order valence-electron chi connectivity index (χ1n) is 14.4. The van der Waals surface area contributed by atoms with E-state index < -0.39 is 5.41 Å². The largest absolute Gasteiger partial charge is 0.523 e. The Labute approximate surface area is 222 Å². The molecule has 4 fully saturated rings. The number of nitrogens with one attached hydrogen (secondary N) is 1. The average Bonchev–Trinajstić information content (AvgIpc) is 2.94. The first-order valence-corrected chi connectivity index (χ1v) is 14.4. The number of allylic oxidation sites excluding steroid dienone is 2. The molecular weight excluding hydrogens is 464 g/mol. The Morgan fingerprint density at radius 1 is 1.03 bits per heavy atom. The van der Waals surface area contributed by atoms with Crippen LogP contribution >= 0.6 is 0 Å². The summed E-state index contributed by atoms with van der Waals surface area (Å²) in [6.07, 6.45) is 6.90. The van der Waals surface area contributed by atoms with Gasteiger partial charge in [0.25, 0.3) is 0 Å². The minimum Gasteiger partial charge on any atom is -0.523 e. The van der Waals surface area contributed by atoms with Crippen molar-refractivity contribution in [3.8, 4) is 0 Å². The molecule has 6 heteroatoms. The summed E-state index contributed by atoms with van der Waals surface area (Å²) in [5.41, 5.74) is -0.254. The highest BCUT2D eigenvalue weighted by Crippen LogP contribution is 2.69. The molecule has 0 spiro atoms. The van der Waals surface area contributed by atoms with E-state index in [2.05, 4.69) is 51.7 Å². The molecule has 4 aliphatic carbocycles. The standard InChI is InChI=1S/C31H46N2O4/c1-28(2)14-18-17(19(15-28)27(36)37-8)9-10-20-25(18)33-24(34)13-23-30(20,5)12-11-22-29(3,4)26(35)21(32-7)16-31(22,23)6/h17-20,22-23,25,35H,9-16H2,1-6,8H3,(H,33,34)/t17?,18-,19?,20-,22+,23+,25-,30+,31+/m1/s1. The van der Waals surface area contributed by atoms with Crippen LogP contribution in [-0.4, -0.2) is 30.1 Å². The number of hydrogen-bond donors (Lipinski definition) is 2. The number of carbonyl (C=O) groups is 2. The van der Waals surface area contributed by atoms with Gasteiger partial charge in [0.15, 0.2) is 0 Å². The fourth-order valence-corrected chi connectivity index (χ4v) is 10.7. The molecule has 1 aliphatic heterocycles. The molecule has 5 aliphatic rings. The van der Waals surface area contributed by atoms with Gasteiger partial charge in [0.2, 0.25) is 11.6 Å². The highest BCUT2D eigenvalue weighted by molar-refractivity contribution is 5.77. The molecule has 2 unspecified atom stereocenters. The molecule has 0 aromatic rings. The van der Waals surface area contributed by atoms with Gasteiger partial charge in [-0.15, -0.1) is 0 Å². The number of carbonyl (C=O) groups excluding carboxylic acids is 2. The summed E-state index contributed by atoms with van der Waals surface area (Å²) in [4.78, 5) is 30.4. The van der Waals surface area contributed by atoms with Crippen molar-refractivity contribution in [2.24, 2.45) is 57.2 Å². The van der Waals surface area contributed by atoms with Gasteiger partial charge in [-0.1, -0.05) is 41.5 Å². The summed E-state index contributed by atoms with van der Waals surface area (Å²) in [7, 11) is 1.50. The van der Waals surface area contributed by atoms with Crippen LogP contribution in [0.5, 0.6) is 0 Å². The number of hydrogen-bond acceptors (Lipinski definition) is 4. The van der Waals surface area contributed by atoms with Crippen LogP contribution in [0.15, 0.2) is 11.5 Å². The van der Waals surface area contributed by atoms with Crippen molar-refractivity contribution in [1.82, 2.24) is 5.32 Å². The first-order chi connectivity index (χ1) is 17.2. The molecule has 1 heterocycles. The van der Waals surface area contributed by atoms with E-state index in [0.717, 1.165) is 38.5 Å². The van der Waals surface area contributed by atoms with Crippen molar-refractivity contribution in [3.05, 3.63) is 22.9 Å². The number of rotatable bonds is 1. The molecule has 0 aromatic heterocycles. The van der Waals surface area contributed by atoms with Gasteiger partial charge >= 0.3 is 5.97 Å². The van der Waals surface area contributed by atoms with Gasteiger partial charge in [-0.2, -0.15) is 0 Å². The van der Waals surface area contributed by atoms with E-state index in [-0.39, 0.29) is 69.5 Å². The Hall–Kier alpha value is -2.03. The molecule has 6 nitrogen and oxygen atoms in total. The van der Waals surface area contributed by atoms with Crippen molar-refractivity contribution in [1.29, 1.82) is 0 Å². The Morgan fingerprint density at radius 2 is 1.73 bits per heavy atom. The van der Waals surface area contributed by atoms with Crippen LogP contribution in [0, 0.1) is 63.7 Å². The topological polar surface area (TPSA) is 80.0 Å². The summed E-state index contributed by atoms with van der Waals surface area (Å²) < 4.78 is 5.27. The summed E-state index contributed by atoms with van der Waals surface area (Å²) in [5, 5.41) is 14.6. The molecule has 3 saturated carbocycles. The highest BCUT2D eigenvalue weighted by Gasteiger charge is 2.65. The van der Waals surface area contributed by atoms with Gasteiger partial charge in [0, 0.05) is 17.9 Å². The molecule has 204 valence electrons. The molecule has 0 radical (unpaired) electrons. The number of nitrogens with zero attached hydrogens (tertiary/aromatic N) is 1. The number of aliphatic hydroxyl groups is 1. The van der Waals surface area contributed by atoms with Gasteiger partial charge in [-0.05, 0) is 90.8 Å². The minimum atomic E-state index is -0.477. The molecule has 37 heavy (non-hydrogen) atoms. The van der Waals surface area contributed by atoms with Gasteiger partial charge in [0.05, 0.1) is 19.6 Å². The lowest BCUT2D eigenvalue weighted by atomic mass is 9.40. The zero-order valence-corrected chi connectivity index (χ0v) is 23.8. The van der Waals surface area contributed by atoms with Crippen LogP contribution in [-0.2, 0) is 14.3 Å². The zero-order chi connectivity index (χ0) is 27.1. The first kappa shape index (κ1) is 26.6. The third-order valence-electron chi connectivity index (χ3n) is 12.2. The van der Waals surface area contributed by atoms with Crippen molar-refractivity contribution in [2.75, 3.05) is 7.11 Å². The molecule has 5 rings (SSSR count). The predicted molar refractivity (Wildman–Crippen MR) is 142 cm³/mol. The predicted octanol–water partition coefficient (Wildman–Crippen LogP) is 6.28. The summed E-state index contributed by atoms with van der Waals surface area (Å²) in [6.45, 7) is 21.2.